The Bertz CT molecular complexity index is 965. The highest BCUT2D eigenvalue weighted by atomic mass is 32.2. The number of rotatable bonds is 10. The van der Waals surface area contributed by atoms with E-state index < -0.39 is 46.4 Å². The molecule has 6 fully saturated rings. The predicted octanol–water partition coefficient (Wildman–Crippen LogP) is 0.0740. The van der Waals surface area contributed by atoms with Gasteiger partial charge in [0, 0.05) is 23.7 Å². The minimum atomic E-state index is -2.58. The maximum Gasteiger partial charge on any atom is 0.357 e. The fraction of sp³-hybridized carbons (Fsp3) is 0.818. The van der Waals surface area contributed by atoms with E-state index in [1.807, 2.05) is 0 Å². The average molecular weight is 615 g/mol. The maximum absolute atomic E-state index is 13.9. The summed E-state index contributed by atoms with van der Waals surface area (Å²) in [6, 6.07) is 0. The molecule has 0 amide bonds. The van der Waals surface area contributed by atoms with Crippen LogP contribution in [-0.2, 0) is 56.9 Å². The van der Waals surface area contributed by atoms with E-state index in [0.29, 0.717) is 12.8 Å². The number of alkyl halides is 2. The van der Waals surface area contributed by atoms with Crippen molar-refractivity contribution in [2.24, 2.45) is 35.5 Å². The van der Waals surface area contributed by atoms with E-state index in [0.717, 1.165) is 26.7 Å². The second-order valence-corrected chi connectivity index (χ2v) is 13.0. The molecular weight excluding hydrogens is 590 g/mol. The number of hydrogen-bond donors (Lipinski definition) is 0. The molecule has 6 aliphatic rings. The number of halogens is 2. The standard InChI is InChI=1S/2C11H13FO7S/c2*1-11(12,20-19-18-15)10(14)17-7-4-2-5-6(3-4)9(13)16-8(5)7/h2*4-8,15H,2-3H2,1H3/p-2. The Morgan fingerprint density at radius 3 is 1.50 bits per heavy atom. The summed E-state index contributed by atoms with van der Waals surface area (Å²) < 4.78 is 56.2. The maximum atomic E-state index is 13.9. The molecule has 0 aromatic heterocycles. The van der Waals surface area contributed by atoms with Gasteiger partial charge in [0.15, 0.2) is 0 Å². The van der Waals surface area contributed by atoms with Crippen molar-refractivity contribution in [2.75, 3.05) is 0 Å². The molecular formula is C22H24F2O14S2-2. The summed E-state index contributed by atoms with van der Waals surface area (Å²) in [6.45, 7) is 1.80. The van der Waals surface area contributed by atoms with Crippen LogP contribution in [0.1, 0.15) is 39.5 Å². The molecule has 2 aliphatic heterocycles. The molecule has 224 valence electrons. The normalized spacial score (nSPS) is 40.5. The van der Waals surface area contributed by atoms with Crippen LogP contribution in [0.5, 0.6) is 0 Å². The summed E-state index contributed by atoms with van der Waals surface area (Å²) in [5, 5.41) is 20.2. The number of esters is 4. The van der Waals surface area contributed by atoms with Crippen LogP contribution in [0, 0.1) is 35.5 Å². The third kappa shape index (κ3) is 5.28. The molecule has 0 aromatic rings. The highest BCUT2D eigenvalue weighted by Gasteiger charge is 2.65. The highest BCUT2D eigenvalue weighted by molar-refractivity contribution is 7.96. The van der Waals surface area contributed by atoms with Crippen LogP contribution >= 0.6 is 24.1 Å². The Kier molecular flexibility index (Phi) is 8.25. The lowest BCUT2D eigenvalue weighted by Crippen LogP contribution is -2.40. The molecule has 2 heterocycles. The number of hydrogen-bond acceptors (Lipinski definition) is 16. The first-order valence-electron chi connectivity index (χ1n) is 12.4. The lowest BCUT2D eigenvalue weighted by Gasteiger charge is -2.27. The monoisotopic (exact) mass is 614 g/mol. The van der Waals surface area contributed by atoms with E-state index in [2.05, 4.69) is 18.7 Å². The molecule has 14 nitrogen and oxygen atoms in total. The van der Waals surface area contributed by atoms with Gasteiger partial charge in [0.05, 0.1) is 35.9 Å². The molecule has 4 saturated carbocycles. The van der Waals surface area contributed by atoms with E-state index >= 15 is 0 Å². The Morgan fingerprint density at radius 2 is 1.15 bits per heavy atom. The molecule has 18 heteroatoms. The highest BCUT2D eigenvalue weighted by Crippen LogP contribution is 2.56. The van der Waals surface area contributed by atoms with Crippen molar-refractivity contribution < 1.29 is 76.2 Å². The van der Waals surface area contributed by atoms with Crippen LogP contribution in [0.15, 0.2) is 0 Å². The predicted molar refractivity (Wildman–Crippen MR) is 117 cm³/mol. The summed E-state index contributed by atoms with van der Waals surface area (Å²) in [5.41, 5.74) is 0. The van der Waals surface area contributed by atoms with Gasteiger partial charge in [-0.15, -0.1) is 0 Å². The molecule has 4 bridgehead atoms. The number of carbonyl (C=O) groups excluding carboxylic acids is 4. The zero-order chi connectivity index (χ0) is 29.0. The van der Waals surface area contributed by atoms with Crippen LogP contribution in [0.25, 0.3) is 0 Å². The van der Waals surface area contributed by atoms with Crippen molar-refractivity contribution in [1.82, 2.24) is 0 Å². The first-order valence-corrected chi connectivity index (χ1v) is 13.9. The lowest BCUT2D eigenvalue weighted by molar-refractivity contribution is -0.777. The van der Waals surface area contributed by atoms with Crippen molar-refractivity contribution in [3.05, 3.63) is 0 Å². The molecule has 0 radical (unpaired) electrons. The van der Waals surface area contributed by atoms with Crippen molar-refractivity contribution in [3.63, 3.8) is 0 Å². The van der Waals surface area contributed by atoms with Gasteiger partial charge in [-0.3, -0.25) is 19.7 Å². The Morgan fingerprint density at radius 1 is 0.775 bits per heavy atom. The van der Waals surface area contributed by atoms with Crippen LogP contribution < -0.4 is 10.5 Å². The van der Waals surface area contributed by atoms with E-state index in [-0.39, 0.29) is 71.5 Å². The Balaban J connectivity index is 0.000000161. The second-order valence-electron chi connectivity index (χ2n) is 10.8. The molecule has 0 N–H and O–H groups in total. The van der Waals surface area contributed by atoms with Gasteiger partial charge < -0.3 is 29.5 Å². The molecule has 0 aromatic carbocycles. The summed E-state index contributed by atoms with van der Waals surface area (Å²) in [6.07, 6.45) is 0.492. The van der Waals surface area contributed by atoms with Crippen LogP contribution in [-0.4, -0.2) is 58.3 Å². The molecule has 0 spiro atoms. The Hall–Kier alpha value is -1.80. The zero-order valence-electron chi connectivity index (χ0n) is 20.9. The van der Waals surface area contributed by atoms with Crippen LogP contribution in [0.2, 0.25) is 0 Å². The first-order chi connectivity index (χ1) is 18.9. The van der Waals surface area contributed by atoms with E-state index in [1.165, 1.54) is 0 Å². The number of fused-ring (bicyclic) bond motifs is 2. The summed E-state index contributed by atoms with van der Waals surface area (Å²) in [4.78, 5) is 46.6. The van der Waals surface area contributed by atoms with Crippen molar-refractivity contribution in [3.8, 4) is 0 Å². The van der Waals surface area contributed by atoms with Crippen LogP contribution in [0.3, 0.4) is 0 Å². The summed E-state index contributed by atoms with van der Waals surface area (Å²) in [5.74, 6) is -2.95. The van der Waals surface area contributed by atoms with Gasteiger partial charge in [0.1, 0.15) is 24.4 Å². The van der Waals surface area contributed by atoms with Gasteiger partial charge in [0.2, 0.25) is 0 Å². The van der Waals surface area contributed by atoms with Gasteiger partial charge in [-0.2, -0.15) is 8.67 Å². The third-order valence-electron chi connectivity index (χ3n) is 8.48. The smallest absolute Gasteiger partial charge is 0.357 e. The van der Waals surface area contributed by atoms with E-state index in [1.54, 1.807) is 0 Å². The van der Waals surface area contributed by atoms with Gasteiger partial charge in [0.25, 0.3) is 10.0 Å². The average Bonchev–Trinajstić information content (AvgIpc) is 3.71. The number of ether oxygens (including phenoxy) is 4. The third-order valence-corrected chi connectivity index (χ3v) is 9.69. The number of carbonyl (C=O) groups is 4. The summed E-state index contributed by atoms with van der Waals surface area (Å²) in [7, 11) is 0. The minimum absolute atomic E-state index is 0.0166. The molecule has 40 heavy (non-hydrogen) atoms. The first kappa shape index (κ1) is 29.7. The van der Waals surface area contributed by atoms with Crippen molar-refractivity contribution in [1.29, 1.82) is 0 Å². The second kappa shape index (κ2) is 11.1. The van der Waals surface area contributed by atoms with Crippen molar-refractivity contribution in [2.45, 2.75) is 73.9 Å². The fourth-order valence-electron chi connectivity index (χ4n) is 6.81. The minimum Gasteiger partial charge on any atom is -0.691 e. The van der Waals surface area contributed by atoms with Gasteiger partial charge in [-0.1, -0.05) is 0 Å². The zero-order valence-corrected chi connectivity index (χ0v) is 22.5. The van der Waals surface area contributed by atoms with Gasteiger partial charge in [-0.25, -0.2) is 18.4 Å². The molecule has 12 atom stereocenters. The van der Waals surface area contributed by atoms with Gasteiger partial charge >= 0.3 is 23.9 Å². The molecule has 12 unspecified atom stereocenters. The quantitative estimate of drug-likeness (QED) is 0.106. The molecule has 2 saturated heterocycles. The fourth-order valence-corrected chi connectivity index (χ4v) is 7.35. The van der Waals surface area contributed by atoms with Gasteiger partial charge in [-0.05, 0) is 39.5 Å². The molecule has 4 aliphatic carbocycles. The Labute approximate surface area is 233 Å². The largest absolute Gasteiger partial charge is 0.691 e. The van der Waals surface area contributed by atoms with E-state index in [9.17, 15) is 38.5 Å². The van der Waals surface area contributed by atoms with Crippen LogP contribution in [0.4, 0.5) is 8.78 Å². The summed E-state index contributed by atoms with van der Waals surface area (Å²) >= 11 is -0.147. The molecule has 6 rings (SSSR count). The SMILES string of the molecule is CC(F)(SOO[O-])C(=O)OC1C2CC3C(=O)OC1C3C2.CC(F)(SOO[O-])C(=O)OC1C2CC3C(=O)OC1C3C2. The topological polar surface area (TPSA) is 188 Å². The lowest BCUT2D eigenvalue weighted by atomic mass is 9.88. The van der Waals surface area contributed by atoms with E-state index in [4.69, 9.17) is 18.9 Å². The van der Waals surface area contributed by atoms with Crippen molar-refractivity contribution >= 4 is 48.0 Å².